The van der Waals surface area contributed by atoms with Crippen molar-refractivity contribution in [2.24, 2.45) is 0 Å². The van der Waals surface area contributed by atoms with Crippen molar-refractivity contribution in [1.29, 1.82) is 0 Å². The molecule has 0 bridgehead atoms. The summed E-state index contributed by atoms with van der Waals surface area (Å²) < 4.78 is 9.85. The number of aliphatic hydroxyl groups excluding tert-OH is 1. The van der Waals surface area contributed by atoms with Gasteiger partial charge in [0, 0.05) is 0 Å². The van der Waals surface area contributed by atoms with Crippen LogP contribution in [0, 0.1) is 0 Å². The zero-order chi connectivity index (χ0) is 10.6. The first-order valence-corrected chi connectivity index (χ1v) is 4.17. The minimum absolute atomic E-state index is 0.230. The van der Waals surface area contributed by atoms with Gasteiger partial charge in [-0.1, -0.05) is 6.08 Å². The van der Waals surface area contributed by atoms with Crippen molar-refractivity contribution in [3.8, 4) is 5.75 Å². The van der Waals surface area contributed by atoms with E-state index in [2.05, 4.69) is 0 Å². The summed E-state index contributed by atoms with van der Waals surface area (Å²) in [4.78, 5) is 11.1. The quantitative estimate of drug-likeness (QED) is 0.788. The van der Waals surface area contributed by atoms with E-state index in [1.165, 1.54) is 13.2 Å². The van der Waals surface area contributed by atoms with Gasteiger partial charge in [-0.3, -0.25) is 0 Å². The molecule has 0 unspecified atom stereocenters. The molecule has 0 radical (unpaired) electrons. The Bertz CT molecular complexity index is 390. The van der Waals surface area contributed by atoms with E-state index < -0.39 is 5.63 Å². The Labute approximate surface area is 81.4 Å². The highest BCUT2D eigenvalue weighted by molar-refractivity contribution is 5.51. The molecule has 0 fully saturated rings. The number of ether oxygens (including phenoxy) is 1. The summed E-state index contributed by atoms with van der Waals surface area (Å²) in [6.45, 7) is 1.56. The van der Waals surface area contributed by atoms with Gasteiger partial charge in [0.15, 0.2) is 0 Å². The Kier molecular flexibility index (Phi) is 3.48. The number of rotatable bonds is 3. The fourth-order valence-corrected chi connectivity index (χ4v) is 1.14. The van der Waals surface area contributed by atoms with Crippen molar-refractivity contribution >= 4 is 6.08 Å². The van der Waals surface area contributed by atoms with E-state index in [4.69, 9.17) is 14.3 Å². The van der Waals surface area contributed by atoms with Crippen LogP contribution in [0.2, 0.25) is 0 Å². The molecule has 0 saturated heterocycles. The van der Waals surface area contributed by atoms with Gasteiger partial charge in [-0.25, -0.2) is 4.79 Å². The van der Waals surface area contributed by atoms with Gasteiger partial charge in [-0.15, -0.1) is 0 Å². The lowest BCUT2D eigenvalue weighted by atomic mass is 10.2. The first-order valence-electron chi connectivity index (χ1n) is 4.17. The fraction of sp³-hybridized carbons (Fsp3) is 0.300. The van der Waals surface area contributed by atoms with Crippen LogP contribution in [-0.2, 0) is 6.61 Å². The highest BCUT2D eigenvalue weighted by atomic mass is 16.5. The minimum atomic E-state index is -0.493. The van der Waals surface area contributed by atoms with Gasteiger partial charge in [-0.05, 0) is 13.0 Å². The van der Waals surface area contributed by atoms with E-state index in [1.54, 1.807) is 19.1 Å². The van der Waals surface area contributed by atoms with E-state index in [0.717, 1.165) is 0 Å². The highest BCUT2D eigenvalue weighted by Gasteiger charge is 2.10. The summed E-state index contributed by atoms with van der Waals surface area (Å²) in [5, 5.41) is 9.07. The molecule has 1 heterocycles. The van der Waals surface area contributed by atoms with Gasteiger partial charge in [-0.2, -0.15) is 0 Å². The van der Waals surface area contributed by atoms with Crippen LogP contribution in [0.1, 0.15) is 18.2 Å². The Morgan fingerprint density at radius 3 is 2.86 bits per heavy atom. The lowest BCUT2D eigenvalue weighted by molar-refractivity contribution is 0.266. The smallest absolute Gasteiger partial charge is 0.339 e. The molecule has 4 heteroatoms. The largest absolute Gasteiger partial charge is 0.496 e. The van der Waals surface area contributed by atoms with Crippen LogP contribution in [-0.4, -0.2) is 12.2 Å². The lowest BCUT2D eigenvalue weighted by Gasteiger charge is -2.06. The van der Waals surface area contributed by atoms with E-state index in [-0.39, 0.29) is 6.61 Å². The van der Waals surface area contributed by atoms with Crippen LogP contribution in [0.25, 0.3) is 6.08 Å². The molecule has 1 rings (SSSR count). The second-order valence-corrected chi connectivity index (χ2v) is 2.63. The molecule has 0 aliphatic rings. The van der Waals surface area contributed by atoms with Crippen molar-refractivity contribution in [2.45, 2.75) is 13.5 Å². The first-order chi connectivity index (χ1) is 6.72. The summed E-state index contributed by atoms with van der Waals surface area (Å²) in [5.74, 6) is 0.677. The molecular weight excluding hydrogens is 184 g/mol. The van der Waals surface area contributed by atoms with E-state index in [0.29, 0.717) is 17.1 Å². The predicted molar refractivity (Wildman–Crippen MR) is 52.2 cm³/mol. The fourth-order valence-electron chi connectivity index (χ4n) is 1.14. The number of aliphatic hydroxyl groups is 1. The zero-order valence-electron chi connectivity index (χ0n) is 8.11. The number of hydrogen-bond donors (Lipinski definition) is 1. The molecule has 0 aliphatic heterocycles. The summed E-state index contributed by atoms with van der Waals surface area (Å²) in [7, 11) is 1.44. The van der Waals surface area contributed by atoms with Crippen molar-refractivity contribution in [3.63, 3.8) is 0 Å². The van der Waals surface area contributed by atoms with E-state index in [9.17, 15) is 4.79 Å². The van der Waals surface area contributed by atoms with Gasteiger partial charge in [0.1, 0.15) is 11.5 Å². The van der Waals surface area contributed by atoms with Crippen molar-refractivity contribution in [1.82, 2.24) is 0 Å². The second-order valence-electron chi connectivity index (χ2n) is 2.63. The molecular formula is C10H12O4. The molecule has 76 valence electrons. The van der Waals surface area contributed by atoms with E-state index in [1.807, 2.05) is 0 Å². The normalized spacial score (nSPS) is 10.8. The molecule has 0 atom stereocenters. The maximum atomic E-state index is 11.1. The zero-order valence-corrected chi connectivity index (χ0v) is 8.11. The number of methoxy groups -OCH3 is 1. The third kappa shape index (κ3) is 2.03. The van der Waals surface area contributed by atoms with Crippen LogP contribution in [0.5, 0.6) is 5.75 Å². The van der Waals surface area contributed by atoms with Crippen LogP contribution < -0.4 is 10.4 Å². The first kappa shape index (κ1) is 10.5. The summed E-state index contributed by atoms with van der Waals surface area (Å²) >= 11 is 0. The van der Waals surface area contributed by atoms with Crippen LogP contribution in [0.15, 0.2) is 21.4 Å². The predicted octanol–water partition coefficient (Wildman–Crippen LogP) is 1.17. The molecule has 14 heavy (non-hydrogen) atoms. The molecule has 1 aromatic rings. The Morgan fingerprint density at radius 1 is 1.64 bits per heavy atom. The lowest BCUT2D eigenvalue weighted by Crippen LogP contribution is -2.04. The SMILES string of the molecule is C/C=C/c1oc(=O)cc(OC)c1CO. The molecule has 1 N–H and O–H groups in total. The van der Waals surface area contributed by atoms with Gasteiger partial charge < -0.3 is 14.3 Å². The van der Waals surface area contributed by atoms with Crippen LogP contribution in [0.4, 0.5) is 0 Å². The van der Waals surface area contributed by atoms with Gasteiger partial charge in [0.2, 0.25) is 0 Å². The van der Waals surface area contributed by atoms with Crippen molar-refractivity contribution < 1.29 is 14.3 Å². The van der Waals surface area contributed by atoms with E-state index >= 15 is 0 Å². The van der Waals surface area contributed by atoms with Gasteiger partial charge >= 0.3 is 5.63 Å². The van der Waals surface area contributed by atoms with Crippen molar-refractivity contribution in [3.05, 3.63) is 33.9 Å². The summed E-state index contributed by atoms with van der Waals surface area (Å²) in [6.07, 6.45) is 3.33. The average molecular weight is 196 g/mol. The Hall–Kier alpha value is -1.55. The Morgan fingerprint density at radius 2 is 2.36 bits per heavy atom. The number of allylic oxidation sites excluding steroid dienone is 1. The minimum Gasteiger partial charge on any atom is -0.496 e. The summed E-state index contributed by atoms with van der Waals surface area (Å²) in [5.41, 5.74) is -0.0163. The maximum absolute atomic E-state index is 11.1. The Balaban J connectivity index is 3.39. The van der Waals surface area contributed by atoms with Gasteiger partial charge in [0.05, 0.1) is 25.3 Å². The van der Waals surface area contributed by atoms with Crippen LogP contribution in [0.3, 0.4) is 0 Å². The molecule has 0 spiro atoms. The molecule has 0 saturated carbocycles. The molecule has 0 aromatic carbocycles. The molecule has 0 amide bonds. The van der Waals surface area contributed by atoms with Gasteiger partial charge in [0.25, 0.3) is 0 Å². The van der Waals surface area contributed by atoms with Crippen molar-refractivity contribution in [2.75, 3.05) is 7.11 Å². The molecule has 4 nitrogen and oxygen atoms in total. The second kappa shape index (κ2) is 4.62. The molecule has 0 aliphatic carbocycles. The highest BCUT2D eigenvalue weighted by Crippen LogP contribution is 2.20. The number of hydrogen-bond acceptors (Lipinski definition) is 4. The third-order valence-electron chi connectivity index (χ3n) is 1.75. The maximum Gasteiger partial charge on any atom is 0.339 e. The monoisotopic (exact) mass is 196 g/mol. The van der Waals surface area contributed by atoms with Crippen LogP contribution >= 0.6 is 0 Å². The average Bonchev–Trinajstić information content (AvgIpc) is 2.17. The molecule has 1 aromatic heterocycles. The third-order valence-corrected chi connectivity index (χ3v) is 1.75. The topological polar surface area (TPSA) is 59.7 Å². The standard InChI is InChI=1S/C10H12O4/c1-3-4-8-7(6-11)9(13-2)5-10(12)14-8/h3-5,11H,6H2,1-2H3/b4-3+. The summed E-state index contributed by atoms with van der Waals surface area (Å²) in [6, 6.07) is 1.21.